The summed E-state index contributed by atoms with van der Waals surface area (Å²) in [6.45, 7) is 8.75. The van der Waals surface area contributed by atoms with Crippen LogP contribution >= 0.6 is 0 Å². The monoisotopic (exact) mass is 267 g/mol. The zero-order chi connectivity index (χ0) is 14.5. The number of likely N-dealkylation sites (tertiary alicyclic amines) is 1. The summed E-state index contributed by atoms with van der Waals surface area (Å²) in [6, 6.07) is 2.18. The minimum atomic E-state index is -0.443. The van der Waals surface area contributed by atoms with Gasteiger partial charge in [-0.3, -0.25) is 4.90 Å². The van der Waals surface area contributed by atoms with Crippen molar-refractivity contribution in [1.82, 2.24) is 9.80 Å². The Kier molecular flexibility index (Phi) is 5.61. The summed E-state index contributed by atoms with van der Waals surface area (Å²) in [5, 5.41) is 8.65. The molecule has 1 amide bonds. The van der Waals surface area contributed by atoms with Crippen LogP contribution in [0.1, 0.15) is 33.6 Å². The van der Waals surface area contributed by atoms with Gasteiger partial charge in [-0.05, 0) is 52.6 Å². The second-order valence-electron chi connectivity index (χ2n) is 6.24. The van der Waals surface area contributed by atoms with Gasteiger partial charge >= 0.3 is 6.09 Å². The van der Waals surface area contributed by atoms with E-state index in [9.17, 15) is 4.79 Å². The van der Waals surface area contributed by atoms with Gasteiger partial charge in [-0.2, -0.15) is 5.26 Å². The van der Waals surface area contributed by atoms with Crippen molar-refractivity contribution in [2.24, 2.45) is 5.92 Å². The van der Waals surface area contributed by atoms with Crippen LogP contribution in [0, 0.1) is 17.2 Å². The number of amides is 1. The van der Waals surface area contributed by atoms with E-state index in [1.54, 1.807) is 11.9 Å². The van der Waals surface area contributed by atoms with Crippen molar-refractivity contribution in [1.29, 1.82) is 5.26 Å². The lowest BCUT2D eigenvalue weighted by atomic mass is 9.96. The summed E-state index contributed by atoms with van der Waals surface area (Å²) in [7, 11) is 1.79. The minimum absolute atomic E-state index is 0.257. The maximum absolute atomic E-state index is 11.8. The van der Waals surface area contributed by atoms with Crippen molar-refractivity contribution in [3.05, 3.63) is 0 Å². The molecule has 108 valence electrons. The van der Waals surface area contributed by atoms with Gasteiger partial charge in [0, 0.05) is 13.6 Å². The van der Waals surface area contributed by atoms with Crippen LogP contribution in [0.4, 0.5) is 4.79 Å². The molecule has 5 nitrogen and oxygen atoms in total. The molecule has 0 spiro atoms. The summed E-state index contributed by atoms with van der Waals surface area (Å²) in [5.41, 5.74) is -0.443. The number of carbonyl (C=O) groups is 1. The van der Waals surface area contributed by atoms with E-state index in [1.165, 1.54) is 0 Å². The Bertz CT molecular complexity index is 336. The summed E-state index contributed by atoms with van der Waals surface area (Å²) in [5.74, 6) is 0.507. The van der Waals surface area contributed by atoms with E-state index in [-0.39, 0.29) is 6.09 Å². The largest absolute Gasteiger partial charge is 0.444 e. The standard InChI is InChI=1S/C14H25N3O2/c1-14(2,3)19-13(18)16(4)11-12-5-8-17(9-6-12)10-7-15/h12H,5-6,8-11H2,1-4H3. The highest BCUT2D eigenvalue weighted by Crippen LogP contribution is 2.18. The van der Waals surface area contributed by atoms with Crippen molar-refractivity contribution < 1.29 is 9.53 Å². The Morgan fingerprint density at radius 2 is 2.00 bits per heavy atom. The third-order valence-corrected chi connectivity index (χ3v) is 3.24. The van der Waals surface area contributed by atoms with E-state index in [2.05, 4.69) is 11.0 Å². The lowest BCUT2D eigenvalue weighted by Crippen LogP contribution is -2.41. The first-order valence-electron chi connectivity index (χ1n) is 6.85. The maximum atomic E-state index is 11.8. The SMILES string of the molecule is CN(CC1CCN(CC#N)CC1)C(=O)OC(C)(C)C. The van der Waals surface area contributed by atoms with E-state index < -0.39 is 5.60 Å². The van der Waals surface area contributed by atoms with Crippen LogP contribution in [0.2, 0.25) is 0 Å². The number of nitrogens with zero attached hydrogens (tertiary/aromatic N) is 3. The summed E-state index contributed by atoms with van der Waals surface area (Å²) in [4.78, 5) is 15.7. The van der Waals surface area contributed by atoms with Gasteiger partial charge in [0.1, 0.15) is 5.60 Å². The quantitative estimate of drug-likeness (QED) is 0.735. The topological polar surface area (TPSA) is 56.6 Å². The molecule has 5 heteroatoms. The number of hydrogen-bond acceptors (Lipinski definition) is 4. The van der Waals surface area contributed by atoms with Crippen molar-refractivity contribution in [3.63, 3.8) is 0 Å². The van der Waals surface area contributed by atoms with Gasteiger partial charge in [-0.1, -0.05) is 0 Å². The zero-order valence-electron chi connectivity index (χ0n) is 12.5. The van der Waals surface area contributed by atoms with Gasteiger partial charge < -0.3 is 9.64 Å². The van der Waals surface area contributed by atoms with Crippen LogP contribution in [0.15, 0.2) is 0 Å². The van der Waals surface area contributed by atoms with Crippen molar-refractivity contribution in [2.75, 3.05) is 33.2 Å². The highest BCUT2D eigenvalue weighted by Gasteiger charge is 2.24. The number of piperidine rings is 1. The molecule has 19 heavy (non-hydrogen) atoms. The molecule has 1 rings (SSSR count). The predicted octanol–water partition coefficient (Wildman–Crippen LogP) is 2.09. The van der Waals surface area contributed by atoms with Crippen LogP contribution in [-0.2, 0) is 4.74 Å². The van der Waals surface area contributed by atoms with Crippen LogP contribution < -0.4 is 0 Å². The third-order valence-electron chi connectivity index (χ3n) is 3.24. The summed E-state index contributed by atoms with van der Waals surface area (Å²) in [6.07, 6.45) is 1.82. The first kappa shape index (κ1) is 15.8. The van der Waals surface area contributed by atoms with Crippen LogP contribution in [-0.4, -0.2) is 54.7 Å². The highest BCUT2D eigenvalue weighted by molar-refractivity contribution is 5.67. The number of ether oxygens (including phenoxy) is 1. The lowest BCUT2D eigenvalue weighted by Gasteiger charge is -2.33. The van der Waals surface area contributed by atoms with Gasteiger partial charge in [0.25, 0.3) is 0 Å². The van der Waals surface area contributed by atoms with Gasteiger partial charge in [-0.25, -0.2) is 4.79 Å². The molecule has 0 aromatic carbocycles. The second kappa shape index (κ2) is 6.76. The Morgan fingerprint density at radius 1 is 1.42 bits per heavy atom. The molecule has 0 aromatic heterocycles. The molecule has 0 bridgehead atoms. The highest BCUT2D eigenvalue weighted by atomic mass is 16.6. The van der Waals surface area contributed by atoms with Crippen LogP contribution in [0.5, 0.6) is 0 Å². The van der Waals surface area contributed by atoms with E-state index >= 15 is 0 Å². The second-order valence-corrected chi connectivity index (χ2v) is 6.24. The molecular formula is C14H25N3O2. The molecule has 0 aliphatic carbocycles. The van der Waals surface area contributed by atoms with E-state index in [0.717, 1.165) is 32.5 Å². The fourth-order valence-corrected chi connectivity index (χ4v) is 2.23. The molecule has 1 saturated heterocycles. The number of rotatable bonds is 3. The van der Waals surface area contributed by atoms with E-state index in [4.69, 9.17) is 10.00 Å². The molecule has 1 aliphatic heterocycles. The molecule has 0 atom stereocenters. The van der Waals surface area contributed by atoms with Crippen molar-refractivity contribution in [2.45, 2.75) is 39.2 Å². The van der Waals surface area contributed by atoms with Crippen molar-refractivity contribution >= 4 is 6.09 Å². The smallest absolute Gasteiger partial charge is 0.410 e. The lowest BCUT2D eigenvalue weighted by molar-refractivity contribution is 0.0252. The molecule has 1 aliphatic rings. The van der Waals surface area contributed by atoms with Gasteiger partial charge in [0.2, 0.25) is 0 Å². The predicted molar refractivity (Wildman–Crippen MR) is 73.6 cm³/mol. The van der Waals surface area contributed by atoms with Gasteiger partial charge in [0.05, 0.1) is 12.6 Å². The van der Waals surface area contributed by atoms with Crippen LogP contribution in [0.25, 0.3) is 0 Å². The molecule has 0 radical (unpaired) electrons. The zero-order valence-corrected chi connectivity index (χ0v) is 12.5. The van der Waals surface area contributed by atoms with Crippen LogP contribution in [0.3, 0.4) is 0 Å². The average Bonchev–Trinajstić information content (AvgIpc) is 2.29. The normalized spacial score (nSPS) is 17.8. The Morgan fingerprint density at radius 3 is 2.47 bits per heavy atom. The van der Waals surface area contributed by atoms with E-state index in [0.29, 0.717) is 12.5 Å². The Labute approximate surface area is 116 Å². The number of carbonyl (C=O) groups excluding carboxylic acids is 1. The average molecular weight is 267 g/mol. The molecular weight excluding hydrogens is 242 g/mol. The maximum Gasteiger partial charge on any atom is 0.410 e. The molecule has 0 unspecified atom stereocenters. The Balaban J connectivity index is 2.32. The minimum Gasteiger partial charge on any atom is -0.444 e. The molecule has 1 fully saturated rings. The fourth-order valence-electron chi connectivity index (χ4n) is 2.23. The van der Waals surface area contributed by atoms with Crippen molar-refractivity contribution in [3.8, 4) is 6.07 Å². The van der Waals surface area contributed by atoms with Gasteiger partial charge in [0.15, 0.2) is 0 Å². The number of hydrogen-bond donors (Lipinski definition) is 0. The summed E-state index contributed by atoms with van der Waals surface area (Å²) >= 11 is 0. The Hall–Kier alpha value is -1.28. The summed E-state index contributed by atoms with van der Waals surface area (Å²) < 4.78 is 5.33. The molecule has 1 heterocycles. The molecule has 0 saturated carbocycles. The number of nitriles is 1. The van der Waals surface area contributed by atoms with E-state index in [1.807, 2.05) is 20.8 Å². The molecule has 0 aromatic rings. The first-order chi connectivity index (χ1) is 8.81. The molecule has 0 N–H and O–H groups in total. The first-order valence-corrected chi connectivity index (χ1v) is 6.85. The fraction of sp³-hybridized carbons (Fsp3) is 0.857. The van der Waals surface area contributed by atoms with Gasteiger partial charge in [-0.15, -0.1) is 0 Å². The third kappa shape index (κ3) is 5.93.